The number of nitrogens with zero attached hydrogens (tertiary/aromatic N) is 2. The van der Waals surface area contributed by atoms with Gasteiger partial charge in [-0.1, -0.05) is 26.3 Å². The van der Waals surface area contributed by atoms with E-state index in [4.69, 9.17) is 0 Å². The standard InChI is InChI=1S/C16H23N3O2/c1-3-12(2)15-16(21)19(10-7-14(20)18-15)9-6-13-5-4-8-17-11-13/h4-5,8,11-12,15H,3,6-7,9-10H2,1-2H3,(H,18,20). The van der Waals surface area contributed by atoms with E-state index in [1.54, 1.807) is 6.20 Å². The molecule has 2 rings (SSSR count). The van der Waals surface area contributed by atoms with Crippen molar-refractivity contribution in [3.8, 4) is 0 Å². The molecule has 0 bridgehead atoms. The Labute approximate surface area is 125 Å². The Morgan fingerprint density at radius 3 is 2.95 bits per heavy atom. The van der Waals surface area contributed by atoms with Gasteiger partial charge in [-0.15, -0.1) is 0 Å². The molecular formula is C16H23N3O2. The van der Waals surface area contributed by atoms with Crippen LogP contribution in [-0.2, 0) is 16.0 Å². The first-order valence-electron chi connectivity index (χ1n) is 7.59. The van der Waals surface area contributed by atoms with Crippen molar-refractivity contribution in [3.05, 3.63) is 30.1 Å². The van der Waals surface area contributed by atoms with Gasteiger partial charge in [-0.2, -0.15) is 0 Å². The highest BCUT2D eigenvalue weighted by Gasteiger charge is 2.32. The van der Waals surface area contributed by atoms with Crippen LogP contribution in [-0.4, -0.2) is 40.8 Å². The van der Waals surface area contributed by atoms with Gasteiger partial charge >= 0.3 is 0 Å². The summed E-state index contributed by atoms with van der Waals surface area (Å²) < 4.78 is 0. The van der Waals surface area contributed by atoms with Crippen LogP contribution in [0.1, 0.15) is 32.3 Å². The van der Waals surface area contributed by atoms with Crippen molar-refractivity contribution in [1.29, 1.82) is 0 Å². The van der Waals surface area contributed by atoms with Crippen molar-refractivity contribution in [2.24, 2.45) is 5.92 Å². The molecule has 2 heterocycles. The molecule has 1 aliphatic heterocycles. The molecular weight excluding hydrogens is 266 g/mol. The number of carbonyl (C=O) groups is 2. The number of nitrogens with one attached hydrogen (secondary N) is 1. The molecule has 1 aromatic rings. The molecule has 5 nitrogen and oxygen atoms in total. The lowest BCUT2D eigenvalue weighted by molar-refractivity contribution is -0.134. The molecule has 1 aromatic heterocycles. The quantitative estimate of drug-likeness (QED) is 0.891. The van der Waals surface area contributed by atoms with Crippen LogP contribution in [0.5, 0.6) is 0 Å². The van der Waals surface area contributed by atoms with Gasteiger partial charge in [-0.3, -0.25) is 14.6 Å². The van der Waals surface area contributed by atoms with Crippen molar-refractivity contribution in [1.82, 2.24) is 15.2 Å². The minimum absolute atomic E-state index is 0.0301. The van der Waals surface area contributed by atoms with E-state index in [0.717, 1.165) is 18.4 Å². The minimum atomic E-state index is -0.390. The number of rotatable bonds is 5. The number of aromatic nitrogens is 1. The molecule has 1 saturated heterocycles. The van der Waals surface area contributed by atoms with Crippen molar-refractivity contribution in [2.75, 3.05) is 13.1 Å². The molecule has 0 saturated carbocycles. The molecule has 1 N–H and O–H groups in total. The van der Waals surface area contributed by atoms with Crippen molar-refractivity contribution in [3.63, 3.8) is 0 Å². The average molecular weight is 289 g/mol. The summed E-state index contributed by atoms with van der Waals surface area (Å²) in [5.41, 5.74) is 1.11. The molecule has 0 aliphatic carbocycles. The highest BCUT2D eigenvalue weighted by molar-refractivity contribution is 5.90. The van der Waals surface area contributed by atoms with Crippen LogP contribution < -0.4 is 5.32 Å². The fraction of sp³-hybridized carbons (Fsp3) is 0.562. The van der Waals surface area contributed by atoms with E-state index in [2.05, 4.69) is 10.3 Å². The number of pyridine rings is 1. The Balaban J connectivity index is 2.03. The predicted molar refractivity (Wildman–Crippen MR) is 80.5 cm³/mol. The second kappa shape index (κ2) is 7.20. The van der Waals surface area contributed by atoms with E-state index >= 15 is 0 Å². The molecule has 114 valence electrons. The summed E-state index contributed by atoms with van der Waals surface area (Å²) in [5.74, 6) is 0.164. The van der Waals surface area contributed by atoms with Gasteiger partial charge < -0.3 is 10.2 Å². The van der Waals surface area contributed by atoms with Gasteiger partial charge in [0.1, 0.15) is 6.04 Å². The van der Waals surface area contributed by atoms with Gasteiger partial charge in [-0.05, 0) is 24.0 Å². The monoisotopic (exact) mass is 289 g/mol. The Kier molecular flexibility index (Phi) is 5.31. The lowest BCUT2D eigenvalue weighted by Crippen LogP contribution is -2.48. The Morgan fingerprint density at radius 2 is 2.29 bits per heavy atom. The van der Waals surface area contributed by atoms with E-state index in [1.165, 1.54) is 0 Å². The molecule has 0 aromatic carbocycles. The summed E-state index contributed by atoms with van der Waals surface area (Å²) in [6.07, 6.45) is 5.57. The largest absolute Gasteiger partial charge is 0.344 e. The second-order valence-corrected chi connectivity index (χ2v) is 5.62. The number of hydrogen-bond donors (Lipinski definition) is 1. The van der Waals surface area contributed by atoms with Crippen LogP contribution in [0.2, 0.25) is 0 Å². The zero-order valence-corrected chi connectivity index (χ0v) is 12.7. The second-order valence-electron chi connectivity index (χ2n) is 5.62. The van der Waals surface area contributed by atoms with E-state index in [1.807, 2.05) is 37.1 Å². The molecule has 21 heavy (non-hydrogen) atoms. The van der Waals surface area contributed by atoms with Gasteiger partial charge in [0.2, 0.25) is 11.8 Å². The average Bonchev–Trinajstić information content (AvgIpc) is 2.65. The van der Waals surface area contributed by atoms with Crippen LogP contribution >= 0.6 is 0 Å². The maximum atomic E-state index is 12.6. The van der Waals surface area contributed by atoms with Crippen molar-refractivity contribution < 1.29 is 9.59 Å². The van der Waals surface area contributed by atoms with Crippen LogP contribution in [0, 0.1) is 5.92 Å². The number of hydrogen-bond acceptors (Lipinski definition) is 3. The van der Waals surface area contributed by atoms with E-state index in [9.17, 15) is 9.59 Å². The minimum Gasteiger partial charge on any atom is -0.344 e. The molecule has 1 fully saturated rings. The molecule has 2 amide bonds. The molecule has 0 spiro atoms. The van der Waals surface area contributed by atoms with E-state index in [-0.39, 0.29) is 23.8 Å². The van der Waals surface area contributed by atoms with Crippen LogP contribution in [0.4, 0.5) is 0 Å². The highest BCUT2D eigenvalue weighted by atomic mass is 16.2. The first-order valence-corrected chi connectivity index (χ1v) is 7.59. The third-order valence-corrected chi connectivity index (χ3v) is 4.11. The Morgan fingerprint density at radius 1 is 1.48 bits per heavy atom. The predicted octanol–water partition coefficient (Wildman–Crippen LogP) is 1.39. The first-order chi connectivity index (χ1) is 10.1. The highest BCUT2D eigenvalue weighted by Crippen LogP contribution is 2.15. The van der Waals surface area contributed by atoms with Crippen LogP contribution in [0.25, 0.3) is 0 Å². The fourth-order valence-electron chi connectivity index (χ4n) is 2.50. The fourth-order valence-corrected chi connectivity index (χ4v) is 2.50. The summed E-state index contributed by atoms with van der Waals surface area (Å²) in [7, 11) is 0. The van der Waals surface area contributed by atoms with Gasteiger partial charge in [0.25, 0.3) is 0 Å². The van der Waals surface area contributed by atoms with Gasteiger partial charge in [0, 0.05) is 31.9 Å². The molecule has 0 radical (unpaired) electrons. The van der Waals surface area contributed by atoms with E-state index < -0.39 is 0 Å². The third-order valence-electron chi connectivity index (χ3n) is 4.11. The summed E-state index contributed by atoms with van der Waals surface area (Å²) in [6, 6.07) is 3.51. The summed E-state index contributed by atoms with van der Waals surface area (Å²) in [4.78, 5) is 30.3. The lowest BCUT2D eigenvalue weighted by atomic mass is 9.98. The maximum absolute atomic E-state index is 12.6. The maximum Gasteiger partial charge on any atom is 0.245 e. The van der Waals surface area contributed by atoms with E-state index in [0.29, 0.717) is 19.5 Å². The molecule has 5 heteroatoms. The topological polar surface area (TPSA) is 62.3 Å². The summed E-state index contributed by atoms with van der Waals surface area (Å²) >= 11 is 0. The van der Waals surface area contributed by atoms with Crippen molar-refractivity contribution in [2.45, 2.75) is 39.2 Å². The first kappa shape index (κ1) is 15.5. The SMILES string of the molecule is CCC(C)C1NC(=O)CCN(CCc2cccnc2)C1=O. The normalized spacial score (nSPS) is 20.9. The van der Waals surface area contributed by atoms with Crippen LogP contribution in [0.15, 0.2) is 24.5 Å². The summed E-state index contributed by atoms with van der Waals surface area (Å²) in [5, 5.41) is 2.86. The molecule has 1 aliphatic rings. The molecule has 2 unspecified atom stereocenters. The van der Waals surface area contributed by atoms with Gasteiger partial charge in [0.15, 0.2) is 0 Å². The van der Waals surface area contributed by atoms with Crippen LogP contribution in [0.3, 0.4) is 0 Å². The molecule has 2 atom stereocenters. The Bertz CT molecular complexity index is 490. The zero-order chi connectivity index (χ0) is 15.2. The zero-order valence-electron chi connectivity index (χ0n) is 12.7. The van der Waals surface area contributed by atoms with Crippen molar-refractivity contribution >= 4 is 11.8 Å². The lowest BCUT2D eigenvalue weighted by Gasteiger charge is -2.27. The van der Waals surface area contributed by atoms with Gasteiger partial charge in [0.05, 0.1) is 0 Å². The number of amides is 2. The summed E-state index contributed by atoms with van der Waals surface area (Å²) in [6.45, 7) is 5.17. The third kappa shape index (κ3) is 4.03. The smallest absolute Gasteiger partial charge is 0.245 e. The van der Waals surface area contributed by atoms with Gasteiger partial charge in [-0.25, -0.2) is 0 Å². The Hall–Kier alpha value is -1.91. The number of carbonyl (C=O) groups excluding carboxylic acids is 2.